The second kappa shape index (κ2) is 6.89. The van der Waals surface area contributed by atoms with Gasteiger partial charge < -0.3 is 9.90 Å². The largest absolute Gasteiger partial charge is 0.550 e. The van der Waals surface area contributed by atoms with Crippen LogP contribution in [0.25, 0.3) is 0 Å². The molecule has 0 fully saturated rings. The number of carboxylic acid groups (broad SMARTS) is 1. The van der Waals surface area contributed by atoms with Gasteiger partial charge in [-0.3, -0.25) is 0 Å². The van der Waals surface area contributed by atoms with Crippen LogP contribution in [0.3, 0.4) is 0 Å². The number of carboxylic acids is 1. The summed E-state index contributed by atoms with van der Waals surface area (Å²) in [5.74, 6) is -1.91. The number of hydrogen-bond donors (Lipinski definition) is 1. The van der Waals surface area contributed by atoms with E-state index in [1.807, 2.05) is 6.92 Å². The van der Waals surface area contributed by atoms with Crippen molar-refractivity contribution in [2.24, 2.45) is 0 Å². The lowest BCUT2D eigenvalue weighted by Gasteiger charge is -2.20. The van der Waals surface area contributed by atoms with Gasteiger partial charge in [-0.05, 0) is 36.8 Å². The minimum Gasteiger partial charge on any atom is -0.550 e. The highest BCUT2D eigenvalue weighted by atomic mass is 32.2. The Kier molecular flexibility index (Phi) is 5.12. The molecule has 0 aromatic heterocycles. The molecule has 0 aliphatic heterocycles. The molecule has 122 valence electrons. The molecule has 1 N–H and O–H groups in total. The first-order chi connectivity index (χ1) is 10.8. The number of halogens is 1. The molecule has 5 nitrogen and oxygen atoms in total. The molecule has 0 bridgehead atoms. The van der Waals surface area contributed by atoms with Crippen LogP contribution >= 0.6 is 0 Å². The first-order valence-electron chi connectivity index (χ1n) is 6.82. The highest BCUT2D eigenvalue weighted by Crippen LogP contribution is 2.21. The van der Waals surface area contributed by atoms with Crippen molar-refractivity contribution in [2.75, 3.05) is 0 Å². The number of aliphatic carboxylic acids is 1. The molecule has 0 saturated carbocycles. The molecule has 1 atom stereocenters. The Balaban J connectivity index is 2.31. The average Bonchev–Trinajstić information content (AvgIpc) is 2.47. The Hall–Kier alpha value is -2.25. The molecular weight excluding hydrogens is 321 g/mol. The molecule has 2 aromatic carbocycles. The van der Waals surface area contributed by atoms with Gasteiger partial charge in [-0.15, -0.1) is 0 Å². The van der Waals surface area contributed by atoms with E-state index in [1.165, 1.54) is 24.3 Å². The number of rotatable bonds is 6. The van der Waals surface area contributed by atoms with E-state index in [4.69, 9.17) is 0 Å². The molecule has 2 rings (SSSR count). The van der Waals surface area contributed by atoms with Gasteiger partial charge in [-0.1, -0.05) is 29.8 Å². The third kappa shape index (κ3) is 4.61. The smallest absolute Gasteiger partial charge is 0.241 e. The van der Waals surface area contributed by atoms with Crippen molar-refractivity contribution in [1.29, 1.82) is 0 Å². The van der Waals surface area contributed by atoms with Crippen LogP contribution in [0.5, 0.6) is 0 Å². The number of aryl methyl sites for hydroxylation is 1. The van der Waals surface area contributed by atoms with Crippen LogP contribution in [0.2, 0.25) is 0 Å². The van der Waals surface area contributed by atoms with Gasteiger partial charge in [-0.25, -0.2) is 17.5 Å². The molecule has 0 unspecified atom stereocenters. The lowest BCUT2D eigenvalue weighted by Crippen LogP contribution is -2.34. The van der Waals surface area contributed by atoms with Gasteiger partial charge in [0.15, 0.2) is 0 Å². The van der Waals surface area contributed by atoms with Gasteiger partial charge in [-0.2, -0.15) is 0 Å². The third-order valence-electron chi connectivity index (χ3n) is 3.27. The highest BCUT2D eigenvalue weighted by molar-refractivity contribution is 7.89. The average molecular weight is 336 g/mol. The predicted molar refractivity (Wildman–Crippen MR) is 80.3 cm³/mol. The normalized spacial score (nSPS) is 12.8. The SMILES string of the molecule is Cc1ccc(S(=O)(=O)N[C@H](CC(=O)[O-])c2ccc(F)cc2)cc1. The number of sulfonamides is 1. The van der Waals surface area contributed by atoms with E-state index >= 15 is 0 Å². The van der Waals surface area contributed by atoms with E-state index in [2.05, 4.69) is 4.72 Å². The summed E-state index contributed by atoms with van der Waals surface area (Å²) in [5, 5.41) is 10.9. The summed E-state index contributed by atoms with van der Waals surface area (Å²) in [7, 11) is -3.92. The third-order valence-corrected chi connectivity index (χ3v) is 4.76. The fraction of sp³-hybridized carbons (Fsp3) is 0.188. The minimum atomic E-state index is -3.92. The number of carbonyl (C=O) groups excluding carboxylic acids is 1. The van der Waals surface area contributed by atoms with Gasteiger partial charge in [0.25, 0.3) is 0 Å². The van der Waals surface area contributed by atoms with Gasteiger partial charge in [0.2, 0.25) is 10.0 Å². The van der Waals surface area contributed by atoms with E-state index in [0.29, 0.717) is 5.56 Å². The van der Waals surface area contributed by atoms with E-state index in [0.717, 1.165) is 17.7 Å². The van der Waals surface area contributed by atoms with Crippen LogP contribution in [-0.2, 0) is 14.8 Å². The summed E-state index contributed by atoms with van der Waals surface area (Å²) < 4.78 is 40.1. The Morgan fingerprint density at radius 2 is 1.70 bits per heavy atom. The second-order valence-electron chi connectivity index (χ2n) is 5.11. The summed E-state index contributed by atoms with van der Waals surface area (Å²) in [6, 6.07) is 10.0. The van der Waals surface area contributed by atoms with Crippen molar-refractivity contribution in [3.05, 3.63) is 65.5 Å². The van der Waals surface area contributed by atoms with Gasteiger partial charge in [0, 0.05) is 12.4 Å². The lowest BCUT2D eigenvalue weighted by atomic mass is 10.1. The molecule has 2 aromatic rings. The van der Waals surface area contributed by atoms with E-state index in [9.17, 15) is 22.7 Å². The predicted octanol–water partition coefficient (Wildman–Crippen LogP) is 1.29. The van der Waals surface area contributed by atoms with Gasteiger partial charge >= 0.3 is 0 Å². The van der Waals surface area contributed by atoms with Crippen molar-refractivity contribution in [1.82, 2.24) is 4.72 Å². The van der Waals surface area contributed by atoms with Crippen molar-refractivity contribution in [2.45, 2.75) is 24.3 Å². The topological polar surface area (TPSA) is 86.3 Å². The molecule has 23 heavy (non-hydrogen) atoms. The van der Waals surface area contributed by atoms with E-state index in [1.54, 1.807) is 12.1 Å². The highest BCUT2D eigenvalue weighted by Gasteiger charge is 2.21. The summed E-state index contributed by atoms with van der Waals surface area (Å²) in [6.07, 6.45) is -0.559. The van der Waals surface area contributed by atoms with E-state index in [-0.39, 0.29) is 4.90 Å². The first-order valence-corrected chi connectivity index (χ1v) is 8.30. The molecule has 0 amide bonds. The number of benzene rings is 2. The molecular formula is C16H15FNO4S-. The molecule has 0 radical (unpaired) electrons. The fourth-order valence-corrected chi connectivity index (χ4v) is 3.29. The zero-order valence-electron chi connectivity index (χ0n) is 12.3. The van der Waals surface area contributed by atoms with Gasteiger partial charge in [0.1, 0.15) is 5.82 Å². The van der Waals surface area contributed by atoms with Crippen LogP contribution in [0.4, 0.5) is 4.39 Å². The summed E-state index contributed by atoms with van der Waals surface area (Å²) >= 11 is 0. The van der Waals surface area contributed by atoms with Crippen LogP contribution in [0.15, 0.2) is 53.4 Å². The monoisotopic (exact) mass is 336 g/mol. The Morgan fingerprint density at radius 1 is 1.13 bits per heavy atom. The van der Waals surface area contributed by atoms with Crippen molar-refractivity contribution in [3.8, 4) is 0 Å². The summed E-state index contributed by atoms with van der Waals surface area (Å²) in [4.78, 5) is 10.9. The summed E-state index contributed by atoms with van der Waals surface area (Å²) in [6.45, 7) is 1.82. The van der Waals surface area contributed by atoms with Crippen molar-refractivity contribution < 1.29 is 22.7 Å². The van der Waals surface area contributed by atoms with Crippen molar-refractivity contribution >= 4 is 16.0 Å². The molecule has 7 heteroatoms. The number of nitrogens with one attached hydrogen (secondary N) is 1. The zero-order chi connectivity index (χ0) is 17.0. The maximum Gasteiger partial charge on any atom is 0.241 e. The maximum absolute atomic E-state index is 13.0. The number of carbonyl (C=O) groups is 1. The van der Waals surface area contributed by atoms with Crippen LogP contribution in [0.1, 0.15) is 23.6 Å². The van der Waals surface area contributed by atoms with Gasteiger partial charge in [0.05, 0.1) is 10.9 Å². The standard InChI is InChI=1S/C16H16FNO4S/c1-11-2-8-14(9-3-11)23(21,22)18-15(10-16(19)20)12-4-6-13(17)7-5-12/h2-9,15,18H,10H2,1H3,(H,19,20)/p-1/t15-/m1/s1. The maximum atomic E-state index is 13.0. The van der Waals surface area contributed by atoms with E-state index < -0.39 is 34.3 Å². The Morgan fingerprint density at radius 3 is 2.22 bits per heavy atom. The summed E-state index contributed by atoms with van der Waals surface area (Å²) in [5.41, 5.74) is 1.24. The molecule has 0 aliphatic carbocycles. The van der Waals surface area contributed by atoms with Crippen LogP contribution in [-0.4, -0.2) is 14.4 Å². The zero-order valence-corrected chi connectivity index (χ0v) is 13.1. The van der Waals surface area contributed by atoms with Crippen LogP contribution in [0, 0.1) is 12.7 Å². The number of hydrogen-bond acceptors (Lipinski definition) is 4. The second-order valence-corrected chi connectivity index (χ2v) is 6.83. The fourth-order valence-electron chi connectivity index (χ4n) is 2.06. The molecule has 0 spiro atoms. The molecule has 0 heterocycles. The first kappa shape index (κ1) is 17.1. The Bertz CT molecular complexity index is 786. The molecule has 0 saturated heterocycles. The minimum absolute atomic E-state index is 0.0218. The quantitative estimate of drug-likeness (QED) is 0.861. The molecule has 0 aliphatic rings. The Labute approximate surface area is 133 Å². The van der Waals surface area contributed by atoms with Crippen LogP contribution < -0.4 is 9.83 Å². The van der Waals surface area contributed by atoms with Crippen molar-refractivity contribution in [3.63, 3.8) is 0 Å². The lowest BCUT2D eigenvalue weighted by molar-refractivity contribution is -0.306.